The van der Waals surface area contributed by atoms with E-state index in [0.29, 0.717) is 26.2 Å². The van der Waals surface area contributed by atoms with E-state index in [-0.39, 0.29) is 17.5 Å². The van der Waals surface area contributed by atoms with Crippen LogP contribution in [0.15, 0.2) is 36.4 Å². The van der Waals surface area contributed by atoms with Crippen LogP contribution in [0.3, 0.4) is 0 Å². The first-order valence-electron chi connectivity index (χ1n) is 13.8. The third-order valence-corrected chi connectivity index (χ3v) is 8.16. The standard InChI is InChI=1S/C30H40F3N3O2/c1-22-23(2)28(38-21-7-6-16-34-14-4-5-15-34)13-12-27(22)24(3)35-17-19-36(20-18-35)29(37)25-8-10-26(11-9-25)30(31,32)33/h8-13,24H,4-7,14-21H2,1-3H3. The largest absolute Gasteiger partial charge is 0.493 e. The van der Waals surface area contributed by atoms with Crippen LogP contribution < -0.4 is 4.74 Å². The number of benzene rings is 2. The Morgan fingerprint density at radius 3 is 2.18 bits per heavy atom. The number of ether oxygens (including phenoxy) is 1. The van der Waals surface area contributed by atoms with E-state index in [0.717, 1.165) is 30.9 Å². The number of unbranched alkanes of at least 4 members (excludes halogenated alkanes) is 1. The Bertz CT molecular complexity index is 1070. The second kappa shape index (κ2) is 12.5. The number of hydrogen-bond donors (Lipinski definition) is 0. The van der Waals surface area contributed by atoms with Gasteiger partial charge in [0.05, 0.1) is 12.2 Å². The molecule has 0 aromatic heterocycles. The lowest BCUT2D eigenvalue weighted by Gasteiger charge is -2.39. The highest BCUT2D eigenvalue weighted by atomic mass is 19.4. The van der Waals surface area contributed by atoms with Crippen molar-refractivity contribution in [1.82, 2.24) is 14.7 Å². The van der Waals surface area contributed by atoms with Gasteiger partial charge in [-0.25, -0.2) is 0 Å². The summed E-state index contributed by atoms with van der Waals surface area (Å²) in [6.07, 6.45) is 0.479. The van der Waals surface area contributed by atoms with Crippen LogP contribution in [0.25, 0.3) is 0 Å². The molecule has 0 spiro atoms. The van der Waals surface area contributed by atoms with E-state index in [2.05, 4.69) is 42.7 Å². The summed E-state index contributed by atoms with van der Waals surface area (Å²) in [5, 5.41) is 0. The molecule has 2 aromatic carbocycles. The van der Waals surface area contributed by atoms with Crippen molar-refractivity contribution in [3.63, 3.8) is 0 Å². The molecule has 1 atom stereocenters. The van der Waals surface area contributed by atoms with Crippen LogP contribution >= 0.6 is 0 Å². The molecule has 38 heavy (non-hydrogen) atoms. The van der Waals surface area contributed by atoms with Gasteiger partial charge in [-0.15, -0.1) is 0 Å². The van der Waals surface area contributed by atoms with Gasteiger partial charge in [0, 0.05) is 37.8 Å². The lowest BCUT2D eigenvalue weighted by molar-refractivity contribution is -0.137. The Morgan fingerprint density at radius 1 is 0.895 bits per heavy atom. The van der Waals surface area contributed by atoms with Crippen LogP contribution in [0.4, 0.5) is 13.2 Å². The summed E-state index contributed by atoms with van der Waals surface area (Å²) in [7, 11) is 0. The number of amides is 1. The van der Waals surface area contributed by atoms with E-state index < -0.39 is 11.7 Å². The summed E-state index contributed by atoms with van der Waals surface area (Å²) >= 11 is 0. The molecule has 0 aliphatic carbocycles. The summed E-state index contributed by atoms with van der Waals surface area (Å²) in [5.41, 5.74) is 3.21. The highest BCUT2D eigenvalue weighted by Crippen LogP contribution is 2.32. The van der Waals surface area contributed by atoms with Gasteiger partial charge in [-0.05, 0) is 113 Å². The summed E-state index contributed by atoms with van der Waals surface area (Å²) in [4.78, 5) is 19.5. The number of piperazine rings is 1. The Morgan fingerprint density at radius 2 is 1.55 bits per heavy atom. The molecule has 2 aliphatic heterocycles. The average molecular weight is 532 g/mol. The maximum absolute atomic E-state index is 12.8. The number of rotatable bonds is 9. The first kappa shape index (κ1) is 28.4. The molecule has 4 rings (SSSR count). The number of carbonyl (C=O) groups excluding carboxylic acids is 1. The Hall–Kier alpha value is -2.58. The molecule has 5 nitrogen and oxygen atoms in total. The van der Waals surface area contributed by atoms with Gasteiger partial charge in [0.25, 0.3) is 5.91 Å². The smallest absolute Gasteiger partial charge is 0.416 e. The van der Waals surface area contributed by atoms with Crippen molar-refractivity contribution in [2.45, 2.75) is 58.7 Å². The minimum absolute atomic E-state index is 0.187. The van der Waals surface area contributed by atoms with Gasteiger partial charge in [-0.1, -0.05) is 6.07 Å². The molecule has 2 fully saturated rings. The maximum atomic E-state index is 12.8. The van der Waals surface area contributed by atoms with Crippen molar-refractivity contribution in [2.24, 2.45) is 0 Å². The van der Waals surface area contributed by atoms with Crippen LogP contribution in [0, 0.1) is 13.8 Å². The van der Waals surface area contributed by atoms with Crippen molar-refractivity contribution in [2.75, 3.05) is 52.4 Å². The summed E-state index contributed by atoms with van der Waals surface area (Å²) in [5.74, 6) is 0.728. The fraction of sp³-hybridized carbons (Fsp3) is 0.567. The molecule has 1 unspecified atom stereocenters. The van der Waals surface area contributed by atoms with Gasteiger partial charge in [-0.3, -0.25) is 9.69 Å². The lowest BCUT2D eigenvalue weighted by atomic mass is 9.96. The van der Waals surface area contributed by atoms with E-state index in [9.17, 15) is 18.0 Å². The molecule has 0 bridgehead atoms. The Balaban J connectivity index is 1.27. The SMILES string of the molecule is Cc1c(OCCCCN2CCCC2)ccc(C(C)N2CCN(C(=O)c3ccc(C(F)(F)F)cc3)CC2)c1C. The van der Waals surface area contributed by atoms with Gasteiger partial charge in [0.1, 0.15) is 5.75 Å². The van der Waals surface area contributed by atoms with Crippen LogP contribution in [-0.2, 0) is 6.18 Å². The molecule has 2 aromatic rings. The zero-order chi connectivity index (χ0) is 27.3. The molecule has 1 amide bonds. The fourth-order valence-corrected chi connectivity index (χ4v) is 5.54. The maximum Gasteiger partial charge on any atom is 0.416 e. The minimum Gasteiger partial charge on any atom is -0.493 e. The Labute approximate surface area is 224 Å². The average Bonchev–Trinajstić information content (AvgIpc) is 3.43. The summed E-state index contributed by atoms with van der Waals surface area (Å²) < 4.78 is 44.6. The van der Waals surface area contributed by atoms with Gasteiger partial charge in [0.15, 0.2) is 0 Å². The normalized spacial score (nSPS) is 18.1. The highest BCUT2D eigenvalue weighted by molar-refractivity contribution is 5.94. The number of hydrogen-bond acceptors (Lipinski definition) is 4. The van der Waals surface area contributed by atoms with Gasteiger partial charge < -0.3 is 14.5 Å². The van der Waals surface area contributed by atoms with Crippen LogP contribution in [-0.4, -0.2) is 73.0 Å². The molecule has 2 saturated heterocycles. The van der Waals surface area contributed by atoms with E-state index >= 15 is 0 Å². The number of nitrogens with zero attached hydrogens (tertiary/aromatic N) is 3. The minimum atomic E-state index is -4.41. The number of halogens is 3. The van der Waals surface area contributed by atoms with Crippen molar-refractivity contribution in [3.05, 3.63) is 64.2 Å². The molecule has 0 N–H and O–H groups in total. The predicted octanol–water partition coefficient (Wildman–Crippen LogP) is 6.10. The molecule has 0 radical (unpaired) electrons. The molecule has 208 valence electrons. The Kier molecular flexibility index (Phi) is 9.36. The van der Waals surface area contributed by atoms with Crippen LogP contribution in [0.5, 0.6) is 5.75 Å². The zero-order valence-electron chi connectivity index (χ0n) is 22.8. The third-order valence-electron chi connectivity index (χ3n) is 8.16. The van der Waals surface area contributed by atoms with E-state index in [1.54, 1.807) is 4.90 Å². The molecule has 8 heteroatoms. The molecule has 2 heterocycles. The summed E-state index contributed by atoms with van der Waals surface area (Å²) in [6.45, 7) is 13.3. The van der Waals surface area contributed by atoms with E-state index in [1.165, 1.54) is 67.7 Å². The molecular weight excluding hydrogens is 491 g/mol. The van der Waals surface area contributed by atoms with Crippen molar-refractivity contribution in [3.8, 4) is 5.75 Å². The van der Waals surface area contributed by atoms with Crippen molar-refractivity contribution in [1.29, 1.82) is 0 Å². The second-order valence-electron chi connectivity index (χ2n) is 10.6. The summed E-state index contributed by atoms with van der Waals surface area (Å²) in [6, 6.07) is 8.90. The van der Waals surface area contributed by atoms with Gasteiger partial charge in [-0.2, -0.15) is 13.2 Å². The monoisotopic (exact) mass is 531 g/mol. The van der Waals surface area contributed by atoms with Gasteiger partial charge in [0.2, 0.25) is 0 Å². The lowest BCUT2D eigenvalue weighted by Crippen LogP contribution is -2.49. The first-order chi connectivity index (χ1) is 18.1. The molecular formula is C30H40F3N3O2. The fourth-order valence-electron chi connectivity index (χ4n) is 5.54. The van der Waals surface area contributed by atoms with E-state index in [1.807, 2.05) is 0 Å². The van der Waals surface area contributed by atoms with Crippen LogP contribution in [0.2, 0.25) is 0 Å². The number of likely N-dealkylation sites (tertiary alicyclic amines) is 1. The number of carbonyl (C=O) groups is 1. The quantitative estimate of drug-likeness (QED) is 0.367. The third kappa shape index (κ3) is 6.89. The van der Waals surface area contributed by atoms with Crippen LogP contribution in [0.1, 0.15) is 71.3 Å². The second-order valence-corrected chi connectivity index (χ2v) is 10.6. The first-order valence-corrected chi connectivity index (χ1v) is 13.8. The molecule has 2 aliphatic rings. The van der Waals surface area contributed by atoms with Crippen molar-refractivity contribution >= 4 is 5.91 Å². The van der Waals surface area contributed by atoms with E-state index in [4.69, 9.17) is 4.74 Å². The highest BCUT2D eigenvalue weighted by Gasteiger charge is 2.31. The van der Waals surface area contributed by atoms with Gasteiger partial charge >= 0.3 is 6.18 Å². The zero-order valence-corrected chi connectivity index (χ0v) is 22.8. The van der Waals surface area contributed by atoms with Crippen molar-refractivity contribution < 1.29 is 22.7 Å². The number of alkyl halides is 3. The topological polar surface area (TPSA) is 36.0 Å². The molecule has 0 saturated carbocycles. The predicted molar refractivity (Wildman–Crippen MR) is 144 cm³/mol.